The second-order valence-corrected chi connectivity index (χ2v) is 4.20. The largest absolute Gasteiger partial charge is 0.381 e. The predicted octanol–water partition coefficient (Wildman–Crippen LogP) is -0.318. The first kappa shape index (κ1) is 10.4. The molecule has 2 aliphatic rings. The Morgan fingerprint density at radius 3 is 2.64 bits per heavy atom. The normalized spacial score (nSPS) is 35.8. The lowest BCUT2D eigenvalue weighted by Crippen LogP contribution is -2.47. The van der Waals surface area contributed by atoms with E-state index in [0.29, 0.717) is 12.0 Å². The van der Waals surface area contributed by atoms with Crippen LogP contribution in [-0.4, -0.2) is 57.0 Å². The number of ether oxygens (including phenoxy) is 2. The zero-order chi connectivity index (χ0) is 9.80. The van der Waals surface area contributed by atoms with Crippen LogP contribution in [0.5, 0.6) is 0 Å². The summed E-state index contributed by atoms with van der Waals surface area (Å²) in [6.07, 6.45) is 1.01. The van der Waals surface area contributed by atoms with Gasteiger partial charge in [-0.1, -0.05) is 0 Å². The Labute approximate surface area is 85.3 Å². The summed E-state index contributed by atoms with van der Waals surface area (Å²) < 4.78 is 10.8. The van der Waals surface area contributed by atoms with Crippen LogP contribution < -0.4 is 5.73 Å². The van der Waals surface area contributed by atoms with E-state index in [9.17, 15) is 0 Å². The van der Waals surface area contributed by atoms with Gasteiger partial charge in [-0.25, -0.2) is 0 Å². The fraction of sp³-hybridized carbons (Fsp3) is 1.00. The molecule has 4 nitrogen and oxygen atoms in total. The zero-order valence-corrected chi connectivity index (χ0v) is 8.65. The van der Waals surface area contributed by atoms with Crippen molar-refractivity contribution in [2.75, 3.05) is 46.1 Å². The summed E-state index contributed by atoms with van der Waals surface area (Å²) in [5.41, 5.74) is 6.06. The van der Waals surface area contributed by atoms with Crippen LogP contribution in [0.1, 0.15) is 6.42 Å². The Kier molecular flexibility index (Phi) is 3.75. The molecule has 0 aromatic rings. The summed E-state index contributed by atoms with van der Waals surface area (Å²) in [5, 5.41) is 0. The van der Waals surface area contributed by atoms with Crippen molar-refractivity contribution < 1.29 is 9.47 Å². The summed E-state index contributed by atoms with van der Waals surface area (Å²) in [6, 6.07) is 0.326. The van der Waals surface area contributed by atoms with Crippen LogP contribution >= 0.6 is 0 Å². The summed E-state index contributed by atoms with van der Waals surface area (Å²) in [6.45, 7) is 6.56. The Balaban J connectivity index is 1.76. The molecule has 0 bridgehead atoms. The van der Waals surface area contributed by atoms with Gasteiger partial charge in [0.15, 0.2) is 0 Å². The smallest absolute Gasteiger partial charge is 0.0594 e. The van der Waals surface area contributed by atoms with Gasteiger partial charge < -0.3 is 15.2 Å². The topological polar surface area (TPSA) is 47.7 Å². The van der Waals surface area contributed by atoms with Crippen molar-refractivity contribution in [3.63, 3.8) is 0 Å². The lowest BCUT2D eigenvalue weighted by Gasteiger charge is -2.35. The molecule has 0 aliphatic carbocycles. The first-order valence-electron chi connectivity index (χ1n) is 5.49. The van der Waals surface area contributed by atoms with E-state index in [1.54, 1.807) is 0 Å². The molecule has 2 atom stereocenters. The lowest BCUT2D eigenvalue weighted by molar-refractivity contribution is -0.00484. The van der Waals surface area contributed by atoms with E-state index >= 15 is 0 Å². The highest BCUT2D eigenvalue weighted by atomic mass is 16.5. The highest BCUT2D eigenvalue weighted by Gasteiger charge is 2.25. The second-order valence-electron chi connectivity index (χ2n) is 4.20. The fourth-order valence-corrected chi connectivity index (χ4v) is 2.12. The Morgan fingerprint density at radius 1 is 1.14 bits per heavy atom. The van der Waals surface area contributed by atoms with E-state index in [1.807, 2.05) is 0 Å². The molecule has 2 saturated heterocycles. The second kappa shape index (κ2) is 5.07. The van der Waals surface area contributed by atoms with E-state index in [0.717, 1.165) is 52.5 Å². The predicted molar refractivity (Wildman–Crippen MR) is 54.2 cm³/mol. The molecule has 2 fully saturated rings. The van der Waals surface area contributed by atoms with Crippen LogP contribution in [-0.2, 0) is 9.47 Å². The van der Waals surface area contributed by atoms with Gasteiger partial charge >= 0.3 is 0 Å². The van der Waals surface area contributed by atoms with Gasteiger partial charge in [0.2, 0.25) is 0 Å². The molecule has 0 saturated carbocycles. The lowest BCUT2D eigenvalue weighted by atomic mass is 9.96. The zero-order valence-electron chi connectivity index (χ0n) is 8.65. The third kappa shape index (κ3) is 2.67. The minimum atomic E-state index is 0.326. The first-order chi connectivity index (χ1) is 6.86. The maximum atomic E-state index is 6.06. The fourth-order valence-electron chi connectivity index (χ4n) is 2.12. The van der Waals surface area contributed by atoms with E-state index in [1.165, 1.54) is 0 Å². The highest BCUT2D eigenvalue weighted by molar-refractivity contribution is 4.79. The van der Waals surface area contributed by atoms with Crippen LogP contribution in [0.3, 0.4) is 0 Å². The number of nitrogens with zero attached hydrogens (tertiary/aromatic N) is 1. The number of morpholine rings is 1. The average molecular weight is 200 g/mol. The highest BCUT2D eigenvalue weighted by Crippen LogP contribution is 2.14. The molecule has 0 aromatic carbocycles. The van der Waals surface area contributed by atoms with Gasteiger partial charge in [-0.3, -0.25) is 4.90 Å². The molecule has 2 heterocycles. The molecular formula is C10H20N2O2. The van der Waals surface area contributed by atoms with Gasteiger partial charge in [-0.05, 0) is 6.42 Å². The quantitative estimate of drug-likeness (QED) is 0.664. The minimum absolute atomic E-state index is 0.326. The maximum absolute atomic E-state index is 6.06. The van der Waals surface area contributed by atoms with Crippen molar-refractivity contribution in [2.45, 2.75) is 12.5 Å². The third-order valence-corrected chi connectivity index (χ3v) is 3.13. The minimum Gasteiger partial charge on any atom is -0.381 e. The van der Waals surface area contributed by atoms with Crippen LogP contribution in [0.4, 0.5) is 0 Å². The van der Waals surface area contributed by atoms with Crippen molar-refractivity contribution in [3.05, 3.63) is 0 Å². The summed E-state index contributed by atoms with van der Waals surface area (Å²) >= 11 is 0. The Morgan fingerprint density at radius 2 is 1.93 bits per heavy atom. The van der Waals surface area contributed by atoms with Gasteiger partial charge in [0, 0.05) is 38.2 Å². The molecule has 0 aromatic heterocycles. The summed E-state index contributed by atoms with van der Waals surface area (Å²) in [4.78, 5) is 2.43. The maximum Gasteiger partial charge on any atom is 0.0594 e. The van der Waals surface area contributed by atoms with Crippen LogP contribution in [0, 0.1) is 5.92 Å². The summed E-state index contributed by atoms with van der Waals surface area (Å²) in [7, 11) is 0. The average Bonchev–Trinajstić information content (AvgIpc) is 2.23. The van der Waals surface area contributed by atoms with Gasteiger partial charge in [0.25, 0.3) is 0 Å². The number of nitrogens with two attached hydrogens (primary N) is 1. The SMILES string of the molecule is NC1CCOCC1CN1CCOCC1. The van der Waals surface area contributed by atoms with E-state index < -0.39 is 0 Å². The molecular weight excluding hydrogens is 180 g/mol. The Bertz CT molecular complexity index is 172. The summed E-state index contributed by atoms with van der Waals surface area (Å²) in [5.74, 6) is 0.516. The third-order valence-electron chi connectivity index (χ3n) is 3.13. The van der Waals surface area contributed by atoms with Crippen molar-refractivity contribution in [3.8, 4) is 0 Å². The monoisotopic (exact) mass is 200 g/mol. The molecule has 2 N–H and O–H groups in total. The molecule has 0 radical (unpaired) electrons. The number of hydrogen-bond donors (Lipinski definition) is 1. The Hall–Kier alpha value is -0.160. The van der Waals surface area contributed by atoms with Gasteiger partial charge in [-0.15, -0.1) is 0 Å². The van der Waals surface area contributed by atoms with Gasteiger partial charge in [-0.2, -0.15) is 0 Å². The van der Waals surface area contributed by atoms with E-state index in [-0.39, 0.29) is 0 Å². The van der Waals surface area contributed by atoms with Crippen molar-refractivity contribution in [1.82, 2.24) is 4.90 Å². The van der Waals surface area contributed by atoms with Crippen molar-refractivity contribution in [2.24, 2.45) is 11.7 Å². The number of rotatable bonds is 2. The number of hydrogen-bond acceptors (Lipinski definition) is 4. The van der Waals surface area contributed by atoms with Gasteiger partial charge in [0.05, 0.1) is 19.8 Å². The molecule has 82 valence electrons. The molecule has 0 amide bonds. The molecule has 2 rings (SSSR count). The standard InChI is InChI=1S/C10H20N2O2/c11-10-1-4-14-8-9(10)7-12-2-5-13-6-3-12/h9-10H,1-8,11H2. The van der Waals surface area contributed by atoms with E-state index in [4.69, 9.17) is 15.2 Å². The molecule has 4 heteroatoms. The van der Waals surface area contributed by atoms with Crippen molar-refractivity contribution in [1.29, 1.82) is 0 Å². The van der Waals surface area contributed by atoms with Crippen LogP contribution in [0.15, 0.2) is 0 Å². The van der Waals surface area contributed by atoms with Crippen molar-refractivity contribution >= 4 is 0 Å². The van der Waals surface area contributed by atoms with Crippen LogP contribution in [0.25, 0.3) is 0 Å². The van der Waals surface area contributed by atoms with E-state index in [2.05, 4.69) is 4.90 Å². The molecule has 0 spiro atoms. The molecule has 2 unspecified atom stereocenters. The van der Waals surface area contributed by atoms with Crippen LogP contribution in [0.2, 0.25) is 0 Å². The molecule has 14 heavy (non-hydrogen) atoms. The van der Waals surface area contributed by atoms with Gasteiger partial charge in [0.1, 0.15) is 0 Å². The molecule has 2 aliphatic heterocycles. The first-order valence-corrected chi connectivity index (χ1v) is 5.49.